The molecule has 1 N–H and O–H groups in total. The molecule has 0 amide bonds. The minimum Gasteiger partial charge on any atom is -0.383 e. The Bertz CT molecular complexity index is 368. The van der Waals surface area contributed by atoms with E-state index in [0.29, 0.717) is 5.92 Å². The average molecular weight is 267 g/mol. The number of halogens is 1. The van der Waals surface area contributed by atoms with Crippen LogP contribution in [0.1, 0.15) is 30.9 Å². The summed E-state index contributed by atoms with van der Waals surface area (Å²) in [4.78, 5) is 0. The smallest absolute Gasteiger partial charge is 0.126 e. The Balaban J connectivity index is 2.18. The Morgan fingerprint density at radius 2 is 2.05 bits per heavy atom. The van der Waals surface area contributed by atoms with Crippen LogP contribution >= 0.6 is 0 Å². The van der Waals surface area contributed by atoms with E-state index >= 15 is 0 Å². The van der Waals surface area contributed by atoms with Gasteiger partial charge in [-0.1, -0.05) is 19.1 Å². The van der Waals surface area contributed by atoms with Gasteiger partial charge in [0.05, 0.1) is 6.61 Å². The van der Waals surface area contributed by atoms with E-state index in [1.54, 1.807) is 13.2 Å². The van der Waals surface area contributed by atoms with Crippen LogP contribution in [0.15, 0.2) is 18.2 Å². The monoisotopic (exact) mass is 267 g/mol. The Morgan fingerprint density at radius 1 is 1.26 bits per heavy atom. The zero-order valence-electron chi connectivity index (χ0n) is 12.3. The molecule has 0 spiro atoms. The lowest BCUT2D eigenvalue weighted by Gasteiger charge is -2.12. The molecule has 0 fully saturated rings. The molecule has 3 heteroatoms. The molecule has 1 aromatic carbocycles. The van der Waals surface area contributed by atoms with Crippen molar-refractivity contribution in [2.24, 2.45) is 5.92 Å². The van der Waals surface area contributed by atoms with Crippen molar-refractivity contribution in [1.82, 2.24) is 5.32 Å². The largest absolute Gasteiger partial charge is 0.383 e. The Hall–Kier alpha value is -0.930. The molecule has 0 heterocycles. The predicted molar refractivity (Wildman–Crippen MR) is 78.0 cm³/mol. The standard InChI is InChI=1S/C16H26FNO/c1-13(8-9-18-10-11-19-3)4-5-15-6-7-16(17)14(2)12-15/h6-7,12-13,18H,4-5,8-11H2,1-3H3. The molecule has 1 unspecified atom stereocenters. The summed E-state index contributed by atoms with van der Waals surface area (Å²) in [5.74, 6) is 0.569. The quantitative estimate of drug-likeness (QED) is 0.693. The second-order valence-corrected chi connectivity index (χ2v) is 5.26. The van der Waals surface area contributed by atoms with Crippen molar-refractivity contribution >= 4 is 0 Å². The van der Waals surface area contributed by atoms with Crippen molar-refractivity contribution in [2.45, 2.75) is 33.1 Å². The number of aryl methyl sites for hydroxylation is 2. The molecule has 0 aliphatic carbocycles. The molecule has 0 aromatic heterocycles. The SMILES string of the molecule is COCCNCCC(C)CCc1ccc(F)c(C)c1. The highest BCUT2D eigenvalue weighted by atomic mass is 19.1. The lowest BCUT2D eigenvalue weighted by molar-refractivity contribution is 0.199. The summed E-state index contributed by atoms with van der Waals surface area (Å²) in [5, 5.41) is 3.36. The van der Waals surface area contributed by atoms with Crippen LogP contribution in [0.25, 0.3) is 0 Å². The molecular weight excluding hydrogens is 241 g/mol. The van der Waals surface area contributed by atoms with E-state index in [0.717, 1.165) is 38.1 Å². The third-order valence-corrected chi connectivity index (χ3v) is 3.45. The maximum absolute atomic E-state index is 13.1. The zero-order valence-corrected chi connectivity index (χ0v) is 12.3. The van der Waals surface area contributed by atoms with Gasteiger partial charge in [-0.25, -0.2) is 4.39 Å². The first-order chi connectivity index (χ1) is 9.13. The number of ether oxygens (including phenoxy) is 1. The van der Waals surface area contributed by atoms with Gasteiger partial charge in [-0.2, -0.15) is 0 Å². The summed E-state index contributed by atoms with van der Waals surface area (Å²) >= 11 is 0. The number of hydrogen-bond acceptors (Lipinski definition) is 2. The predicted octanol–water partition coefficient (Wildman–Crippen LogP) is 3.33. The molecule has 108 valence electrons. The van der Waals surface area contributed by atoms with Crippen molar-refractivity contribution in [1.29, 1.82) is 0 Å². The highest BCUT2D eigenvalue weighted by Crippen LogP contribution is 2.15. The summed E-state index contributed by atoms with van der Waals surface area (Å²) in [6.45, 7) is 6.81. The van der Waals surface area contributed by atoms with Crippen LogP contribution < -0.4 is 5.32 Å². The number of methoxy groups -OCH3 is 1. The molecule has 1 aromatic rings. The second-order valence-electron chi connectivity index (χ2n) is 5.26. The number of hydrogen-bond donors (Lipinski definition) is 1. The first-order valence-corrected chi connectivity index (χ1v) is 7.08. The molecule has 0 aliphatic heterocycles. The van der Waals surface area contributed by atoms with Crippen molar-refractivity contribution in [3.63, 3.8) is 0 Å². The maximum atomic E-state index is 13.1. The molecule has 0 saturated carbocycles. The van der Waals surface area contributed by atoms with Crippen LogP contribution in [-0.2, 0) is 11.2 Å². The van der Waals surface area contributed by atoms with Gasteiger partial charge >= 0.3 is 0 Å². The van der Waals surface area contributed by atoms with Gasteiger partial charge in [0.2, 0.25) is 0 Å². The fourth-order valence-corrected chi connectivity index (χ4v) is 2.07. The fraction of sp³-hybridized carbons (Fsp3) is 0.625. The van der Waals surface area contributed by atoms with E-state index in [1.807, 2.05) is 19.1 Å². The van der Waals surface area contributed by atoms with E-state index in [2.05, 4.69) is 12.2 Å². The first-order valence-electron chi connectivity index (χ1n) is 7.08. The minimum atomic E-state index is -0.112. The summed E-state index contributed by atoms with van der Waals surface area (Å²) in [7, 11) is 1.72. The molecule has 0 bridgehead atoms. The first kappa shape index (κ1) is 16.1. The Kier molecular flexibility index (Phi) is 7.68. The van der Waals surface area contributed by atoms with Gasteiger partial charge in [-0.05, 0) is 55.8 Å². The van der Waals surface area contributed by atoms with Gasteiger partial charge in [-0.3, -0.25) is 0 Å². The second kappa shape index (κ2) is 9.05. The third-order valence-electron chi connectivity index (χ3n) is 3.45. The summed E-state index contributed by atoms with van der Waals surface area (Å²) in [6.07, 6.45) is 3.35. The zero-order chi connectivity index (χ0) is 14.1. The molecule has 1 atom stereocenters. The van der Waals surface area contributed by atoms with Crippen LogP contribution in [-0.4, -0.2) is 26.8 Å². The van der Waals surface area contributed by atoms with E-state index in [9.17, 15) is 4.39 Å². The topological polar surface area (TPSA) is 21.3 Å². The van der Waals surface area contributed by atoms with Crippen molar-refractivity contribution in [3.05, 3.63) is 35.1 Å². The molecule has 2 nitrogen and oxygen atoms in total. The third kappa shape index (κ3) is 6.69. The van der Waals surface area contributed by atoms with Gasteiger partial charge in [0, 0.05) is 13.7 Å². The maximum Gasteiger partial charge on any atom is 0.126 e. The van der Waals surface area contributed by atoms with Crippen molar-refractivity contribution < 1.29 is 9.13 Å². The highest BCUT2D eigenvalue weighted by Gasteiger charge is 2.04. The van der Waals surface area contributed by atoms with Gasteiger partial charge in [0.1, 0.15) is 5.82 Å². The lowest BCUT2D eigenvalue weighted by Crippen LogP contribution is -2.21. The lowest BCUT2D eigenvalue weighted by atomic mass is 9.97. The minimum absolute atomic E-state index is 0.112. The molecule has 1 rings (SSSR count). The normalized spacial score (nSPS) is 12.6. The average Bonchev–Trinajstić information content (AvgIpc) is 2.40. The summed E-state index contributed by atoms with van der Waals surface area (Å²) < 4.78 is 18.1. The van der Waals surface area contributed by atoms with Crippen LogP contribution in [0.2, 0.25) is 0 Å². The molecule has 19 heavy (non-hydrogen) atoms. The highest BCUT2D eigenvalue weighted by molar-refractivity contribution is 5.23. The van der Waals surface area contributed by atoms with Crippen molar-refractivity contribution in [2.75, 3.05) is 26.8 Å². The van der Waals surface area contributed by atoms with Crippen LogP contribution in [0.4, 0.5) is 4.39 Å². The molecule has 0 saturated heterocycles. The summed E-state index contributed by atoms with van der Waals surface area (Å²) in [5.41, 5.74) is 1.98. The van der Waals surface area contributed by atoms with Crippen molar-refractivity contribution in [3.8, 4) is 0 Å². The Labute approximate surface area is 116 Å². The number of nitrogens with one attached hydrogen (secondary N) is 1. The van der Waals surface area contributed by atoms with E-state index < -0.39 is 0 Å². The fourth-order valence-electron chi connectivity index (χ4n) is 2.07. The van der Waals surface area contributed by atoms with Gasteiger partial charge in [0.15, 0.2) is 0 Å². The van der Waals surface area contributed by atoms with Gasteiger partial charge in [-0.15, -0.1) is 0 Å². The van der Waals surface area contributed by atoms with E-state index in [4.69, 9.17) is 4.74 Å². The van der Waals surface area contributed by atoms with E-state index in [-0.39, 0.29) is 5.82 Å². The number of benzene rings is 1. The molecular formula is C16H26FNO. The molecule has 0 aliphatic rings. The van der Waals surface area contributed by atoms with Crippen LogP contribution in [0, 0.1) is 18.7 Å². The summed E-state index contributed by atoms with van der Waals surface area (Å²) in [6, 6.07) is 5.42. The Morgan fingerprint density at radius 3 is 2.74 bits per heavy atom. The van der Waals surface area contributed by atoms with Gasteiger partial charge < -0.3 is 10.1 Å². The van der Waals surface area contributed by atoms with Crippen LogP contribution in [0.5, 0.6) is 0 Å². The number of rotatable bonds is 9. The van der Waals surface area contributed by atoms with Gasteiger partial charge in [0.25, 0.3) is 0 Å². The molecule has 0 radical (unpaired) electrons. The van der Waals surface area contributed by atoms with E-state index in [1.165, 1.54) is 12.0 Å². The van der Waals surface area contributed by atoms with Crippen LogP contribution in [0.3, 0.4) is 0 Å².